The van der Waals surface area contributed by atoms with Crippen LogP contribution in [0.25, 0.3) is 11.0 Å². The van der Waals surface area contributed by atoms with Crippen LogP contribution in [0, 0.1) is 5.92 Å². The van der Waals surface area contributed by atoms with Crippen LogP contribution in [-0.2, 0) is 0 Å². The van der Waals surface area contributed by atoms with E-state index in [0.29, 0.717) is 17.1 Å². The maximum atomic E-state index is 12.3. The molecule has 1 fully saturated rings. The third-order valence-corrected chi connectivity index (χ3v) is 6.95. The van der Waals surface area contributed by atoms with Crippen molar-refractivity contribution in [3.05, 3.63) is 64.0 Å². The number of hydrogen-bond acceptors (Lipinski definition) is 6. The van der Waals surface area contributed by atoms with Crippen molar-refractivity contribution in [3.8, 4) is 11.5 Å². The fourth-order valence-corrected chi connectivity index (χ4v) is 5.15. The van der Waals surface area contributed by atoms with Crippen LogP contribution in [0.2, 0.25) is 0 Å². The molecule has 182 valence electrons. The predicted molar refractivity (Wildman–Crippen MR) is 138 cm³/mol. The van der Waals surface area contributed by atoms with E-state index in [1.165, 1.54) is 24.5 Å². The molecule has 2 aromatic carbocycles. The Morgan fingerprint density at radius 3 is 2.47 bits per heavy atom. The molecule has 0 bridgehead atoms. The van der Waals surface area contributed by atoms with Crippen LogP contribution in [0.4, 0.5) is 5.69 Å². The molecule has 1 aromatic heterocycles. The minimum Gasteiger partial charge on any atom is -0.496 e. The van der Waals surface area contributed by atoms with Gasteiger partial charge in [-0.3, -0.25) is 0 Å². The van der Waals surface area contributed by atoms with Crippen LogP contribution in [0.15, 0.2) is 51.7 Å². The van der Waals surface area contributed by atoms with Gasteiger partial charge < -0.3 is 23.7 Å². The standard InChI is InChI=1S/C28H36N2O4/c1-19-7-6-15-30(18-19)16-14-22(20-8-10-21(11-9-20)29(2)3)27-25(33-5)17-24(32-4)23-12-13-26(31)34-28(23)27/h8-13,17,19,22H,6-7,14-16,18H2,1-5H3/t19-,22+/m0/s1. The first-order valence-electron chi connectivity index (χ1n) is 12.1. The zero-order valence-corrected chi connectivity index (χ0v) is 21.0. The van der Waals surface area contributed by atoms with Crippen molar-refractivity contribution in [2.24, 2.45) is 5.92 Å². The summed E-state index contributed by atoms with van der Waals surface area (Å²) in [6, 6.07) is 13.8. The first kappa shape index (κ1) is 24.1. The van der Waals surface area contributed by atoms with Crippen LogP contribution in [-0.4, -0.2) is 52.8 Å². The highest BCUT2D eigenvalue weighted by Gasteiger charge is 2.27. The van der Waals surface area contributed by atoms with Gasteiger partial charge in [0.25, 0.3) is 0 Å². The van der Waals surface area contributed by atoms with E-state index in [0.717, 1.165) is 48.6 Å². The molecule has 0 saturated carbocycles. The van der Waals surface area contributed by atoms with Gasteiger partial charge in [-0.2, -0.15) is 0 Å². The van der Waals surface area contributed by atoms with Crippen molar-refractivity contribution in [3.63, 3.8) is 0 Å². The zero-order chi connectivity index (χ0) is 24.2. The van der Waals surface area contributed by atoms with Gasteiger partial charge in [-0.15, -0.1) is 0 Å². The first-order valence-corrected chi connectivity index (χ1v) is 12.1. The summed E-state index contributed by atoms with van der Waals surface area (Å²) in [7, 11) is 7.36. The number of methoxy groups -OCH3 is 2. The Balaban J connectivity index is 1.83. The average molecular weight is 465 g/mol. The Kier molecular flexibility index (Phi) is 7.47. The van der Waals surface area contributed by atoms with Crippen LogP contribution < -0.4 is 20.0 Å². The summed E-state index contributed by atoms with van der Waals surface area (Å²) in [6.45, 7) is 5.56. The fraction of sp³-hybridized carbons (Fsp3) is 0.464. The Hall–Kier alpha value is -2.99. The summed E-state index contributed by atoms with van der Waals surface area (Å²) >= 11 is 0. The Labute approximate surface area is 202 Å². The molecule has 1 aliphatic heterocycles. The van der Waals surface area contributed by atoms with Gasteiger partial charge in [0.2, 0.25) is 0 Å². The summed E-state index contributed by atoms with van der Waals surface area (Å²) in [5, 5.41) is 0.777. The molecule has 34 heavy (non-hydrogen) atoms. The van der Waals surface area contributed by atoms with E-state index in [4.69, 9.17) is 13.9 Å². The van der Waals surface area contributed by atoms with Gasteiger partial charge in [-0.1, -0.05) is 19.1 Å². The second-order valence-electron chi connectivity index (χ2n) is 9.57. The van der Waals surface area contributed by atoms with Gasteiger partial charge in [0, 0.05) is 49.9 Å². The number of hydrogen-bond donors (Lipinski definition) is 0. The molecule has 2 heterocycles. The molecule has 0 N–H and O–H groups in total. The summed E-state index contributed by atoms with van der Waals surface area (Å²) in [5.74, 6) is 2.03. The lowest BCUT2D eigenvalue weighted by Crippen LogP contribution is -2.35. The van der Waals surface area contributed by atoms with Crippen LogP contribution in [0.3, 0.4) is 0 Å². The van der Waals surface area contributed by atoms with E-state index >= 15 is 0 Å². The third-order valence-electron chi connectivity index (χ3n) is 6.95. The fourth-order valence-electron chi connectivity index (χ4n) is 5.15. The van der Waals surface area contributed by atoms with E-state index in [2.05, 4.69) is 41.0 Å². The topological polar surface area (TPSA) is 55.2 Å². The quantitative estimate of drug-likeness (QED) is 0.431. The van der Waals surface area contributed by atoms with E-state index in [1.807, 2.05) is 20.2 Å². The van der Waals surface area contributed by atoms with E-state index < -0.39 is 0 Å². The minimum atomic E-state index is -0.379. The molecule has 0 amide bonds. The van der Waals surface area contributed by atoms with Crippen molar-refractivity contribution in [2.75, 3.05) is 52.8 Å². The lowest BCUT2D eigenvalue weighted by atomic mass is 9.86. The van der Waals surface area contributed by atoms with Crippen LogP contribution in [0.1, 0.15) is 43.2 Å². The highest BCUT2D eigenvalue weighted by atomic mass is 16.5. The second-order valence-corrected chi connectivity index (χ2v) is 9.57. The molecule has 6 nitrogen and oxygen atoms in total. The predicted octanol–water partition coefficient (Wildman–Crippen LogP) is 5.13. The molecule has 3 aromatic rings. The SMILES string of the molecule is COc1cc(OC)c2ccc(=O)oc2c1[C@H](CCN1CCC[C@H](C)C1)c1ccc(N(C)C)cc1. The molecule has 0 radical (unpaired) electrons. The summed E-state index contributed by atoms with van der Waals surface area (Å²) in [4.78, 5) is 16.9. The first-order chi connectivity index (χ1) is 16.4. The van der Waals surface area contributed by atoms with Crippen LogP contribution in [0.5, 0.6) is 11.5 Å². The van der Waals surface area contributed by atoms with Gasteiger partial charge in [0.05, 0.1) is 19.6 Å². The van der Waals surface area contributed by atoms with Crippen molar-refractivity contribution < 1.29 is 13.9 Å². The molecule has 1 saturated heterocycles. The highest BCUT2D eigenvalue weighted by molar-refractivity contribution is 5.89. The van der Waals surface area contributed by atoms with Gasteiger partial charge in [-0.25, -0.2) is 4.79 Å². The van der Waals surface area contributed by atoms with Crippen molar-refractivity contribution >= 4 is 16.7 Å². The molecule has 4 rings (SSSR count). The minimum absolute atomic E-state index is 0.00218. The Morgan fingerprint density at radius 1 is 1.09 bits per heavy atom. The van der Waals surface area contributed by atoms with Crippen molar-refractivity contribution in [1.29, 1.82) is 0 Å². The number of anilines is 1. The summed E-state index contributed by atoms with van der Waals surface area (Å²) in [5.41, 5.74) is 3.38. The smallest absolute Gasteiger partial charge is 0.336 e. The number of nitrogens with zero attached hydrogens (tertiary/aromatic N) is 2. The van der Waals surface area contributed by atoms with Crippen molar-refractivity contribution in [2.45, 2.75) is 32.1 Å². The molecular formula is C28H36N2O4. The maximum absolute atomic E-state index is 12.3. The number of piperidine rings is 1. The summed E-state index contributed by atoms with van der Waals surface area (Å²) in [6.07, 6.45) is 3.44. The Morgan fingerprint density at radius 2 is 1.82 bits per heavy atom. The lowest BCUT2D eigenvalue weighted by molar-refractivity contribution is 0.180. The average Bonchev–Trinajstić information content (AvgIpc) is 2.84. The Bertz CT molecular complexity index is 1170. The number of ether oxygens (including phenoxy) is 2. The zero-order valence-electron chi connectivity index (χ0n) is 21.0. The van der Waals surface area contributed by atoms with Gasteiger partial charge >= 0.3 is 5.63 Å². The van der Waals surface area contributed by atoms with Crippen LogP contribution >= 0.6 is 0 Å². The molecule has 6 heteroatoms. The van der Waals surface area contributed by atoms with E-state index in [9.17, 15) is 4.79 Å². The molecule has 1 aliphatic rings. The van der Waals surface area contributed by atoms with Gasteiger partial charge in [0.1, 0.15) is 17.1 Å². The molecule has 2 atom stereocenters. The van der Waals surface area contributed by atoms with Gasteiger partial charge in [0.15, 0.2) is 0 Å². The number of benzene rings is 2. The maximum Gasteiger partial charge on any atom is 0.336 e. The van der Waals surface area contributed by atoms with Crippen molar-refractivity contribution in [1.82, 2.24) is 4.90 Å². The summed E-state index contributed by atoms with van der Waals surface area (Å²) < 4.78 is 17.3. The largest absolute Gasteiger partial charge is 0.496 e. The monoisotopic (exact) mass is 464 g/mol. The number of fused-ring (bicyclic) bond motifs is 1. The van der Waals surface area contributed by atoms with E-state index in [-0.39, 0.29) is 11.5 Å². The highest BCUT2D eigenvalue weighted by Crippen LogP contribution is 2.43. The lowest BCUT2D eigenvalue weighted by Gasteiger charge is -2.32. The molecule has 0 unspecified atom stereocenters. The van der Waals surface area contributed by atoms with Gasteiger partial charge in [-0.05, 0) is 62.0 Å². The normalized spacial score (nSPS) is 17.5. The number of likely N-dealkylation sites (tertiary alicyclic amines) is 1. The number of rotatable bonds is 8. The van der Waals surface area contributed by atoms with E-state index in [1.54, 1.807) is 20.3 Å². The molecule has 0 spiro atoms. The molecular weight excluding hydrogens is 428 g/mol. The second kappa shape index (κ2) is 10.5. The molecule has 0 aliphatic carbocycles. The third kappa shape index (κ3) is 5.07.